The molecule has 3 fully saturated rings. The smallest absolute Gasteiger partial charge is 0.381 e. The summed E-state index contributed by atoms with van der Waals surface area (Å²) in [5.41, 5.74) is -4.51. The summed E-state index contributed by atoms with van der Waals surface area (Å²) < 4.78 is 65.7. The van der Waals surface area contributed by atoms with E-state index >= 15 is 0 Å². The average molecular weight is 689 g/mol. The summed E-state index contributed by atoms with van der Waals surface area (Å²) in [7, 11) is -5.60. The van der Waals surface area contributed by atoms with Crippen molar-refractivity contribution in [3.63, 3.8) is 0 Å². The molecule has 0 heterocycles. The van der Waals surface area contributed by atoms with Gasteiger partial charge in [-0.3, -0.25) is 4.79 Å². The lowest BCUT2D eigenvalue weighted by atomic mass is 9.62. The van der Waals surface area contributed by atoms with E-state index < -0.39 is 15.6 Å². The number of alkyl halides is 3. The second kappa shape index (κ2) is 15.1. The molecule has 8 atom stereocenters. The third-order valence-corrected chi connectivity index (χ3v) is 13.7. The van der Waals surface area contributed by atoms with Gasteiger partial charge in [0.05, 0.1) is 0 Å². The predicted octanol–water partition coefficient (Wildman–Crippen LogP) is 12.0. The molecule has 4 aliphatic carbocycles. The van der Waals surface area contributed by atoms with Crippen LogP contribution in [0.1, 0.15) is 166 Å². The molecule has 0 aromatic carbocycles. The van der Waals surface area contributed by atoms with E-state index in [9.17, 15) is 26.4 Å². The minimum Gasteiger partial charge on any atom is -0.381 e. The summed E-state index contributed by atoms with van der Waals surface area (Å²) in [5.74, 6) is 3.14. The van der Waals surface area contributed by atoms with Crippen LogP contribution in [0, 0.1) is 57.2 Å². The number of hydrogen-bond acceptors (Lipinski definition) is 4. The van der Waals surface area contributed by atoms with Crippen molar-refractivity contribution in [2.75, 3.05) is 0 Å². The van der Waals surface area contributed by atoms with E-state index in [0.717, 1.165) is 56.8 Å². The molecule has 0 bridgehead atoms. The van der Waals surface area contributed by atoms with Crippen molar-refractivity contribution in [1.29, 1.82) is 0 Å². The normalized spacial score (nSPS) is 32.9. The van der Waals surface area contributed by atoms with E-state index in [4.69, 9.17) is 0 Å². The van der Waals surface area contributed by atoms with Gasteiger partial charge in [0, 0.05) is 18.3 Å². The predicted molar refractivity (Wildman–Crippen MR) is 186 cm³/mol. The first-order valence-electron chi connectivity index (χ1n) is 18.6. The molecule has 0 radical (unpaired) electrons. The summed E-state index contributed by atoms with van der Waals surface area (Å²) in [5, 5.41) is 0. The fourth-order valence-corrected chi connectivity index (χ4v) is 10.7. The van der Waals surface area contributed by atoms with E-state index in [0.29, 0.717) is 52.6 Å². The highest BCUT2D eigenvalue weighted by molar-refractivity contribution is 7.87. The zero-order chi connectivity index (χ0) is 35.6. The van der Waals surface area contributed by atoms with Gasteiger partial charge < -0.3 is 4.18 Å². The Bertz CT molecular complexity index is 1190. The highest BCUT2D eigenvalue weighted by Crippen LogP contribution is 2.60. The van der Waals surface area contributed by atoms with Gasteiger partial charge in [-0.2, -0.15) is 21.6 Å². The largest absolute Gasteiger partial charge is 0.534 e. The Hall–Kier alpha value is -1.05. The number of Topliss-reactive ketones (excluding diaryl/α,β-unsaturated/α-hetero) is 1. The molecule has 0 unspecified atom stereocenters. The molecule has 4 aliphatic rings. The van der Waals surface area contributed by atoms with Gasteiger partial charge in [-0.25, -0.2) is 0 Å². The van der Waals surface area contributed by atoms with Crippen molar-refractivity contribution >= 4 is 15.9 Å². The minimum atomic E-state index is -5.60. The molecule has 0 aliphatic heterocycles. The molecule has 8 heteroatoms. The van der Waals surface area contributed by atoms with E-state index in [1.165, 1.54) is 38.5 Å². The van der Waals surface area contributed by atoms with Crippen LogP contribution in [0.15, 0.2) is 11.8 Å². The van der Waals surface area contributed by atoms with Gasteiger partial charge in [0.25, 0.3) is 0 Å². The molecular weight excluding hydrogens is 621 g/mol. The molecule has 4 rings (SSSR count). The Morgan fingerprint density at radius 1 is 0.809 bits per heavy atom. The van der Waals surface area contributed by atoms with Crippen LogP contribution in [-0.2, 0) is 19.1 Å². The summed E-state index contributed by atoms with van der Waals surface area (Å²) in [6.07, 6.45) is 17.7. The lowest BCUT2D eigenvalue weighted by molar-refractivity contribution is -0.130. The molecule has 0 saturated heterocycles. The van der Waals surface area contributed by atoms with E-state index in [1.54, 1.807) is 6.08 Å². The Balaban J connectivity index is 0.000000267. The maximum atomic E-state index is 12.7. The van der Waals surface area contributed by atoms with Crippen molar-refractivity contribution in [2.45, 2.75) is 171 Å². The first-order valence-corrected chi connectivity index (χ1v) is 20.1. The zero-order valence-corrected chi connectivity index (χ0v) is 32.1. The van der Waals surface area contributed by atoms with Gasteiger partial charge in [0.15, 0.2) is 0 Å². The number of carbonyl (C=O) groups excluding carboxylic acids is 1. The number of carbonyl (C=O) groups is 1. The Morgan fingerprint density at radius 3 is 1.74 bits per heavy atom. The standard InChI is InChI=1S/C20H33F3O3S.C19H34O/c1-14(8-6-12-18(2,3)4)15-10-11-16-17(9-7-13-19(15,16)5)26-27(24,25)20(21,22)23;1-14(8-6-12-18(2,3)4)15-10-11-16-17(20)9-7-13-19(15,16)5/h9,14-16H,6-8,10-13H2,1-5H3;14-16H,6-13H2,1-5H3/t2*14-,15-,16+,19-/m11/s1. The number of fused-ring (bicyclic) bond motifs is 2. The van der Waals surface area contributed by atoms with Crippen molar-refractivity contribution in [3.05, 3.63) is 11.8 Å². The van der Waals surface area contributed by atoms with Crippen molar-refractivity contribution in [3.8, 4) is 0 Å². The molecule has 4 nitrogen and oxygen atoms in total. The van der Waals surface area contributed by atoms with Crippen LogP contribution < -0.4 is 0 Å². The topological polar surface area (TPSA) is 60.4 Å². The number of ketones is 1. The third-order valence-electron chi connectivity index (χ3n) is 12.8. The Morgan fingerprint density at radius 2 is 1.28 bits per heavy atom. The van der Waals surface area contributed by atoms with Crippen molar-refractivity contribution < 1.29 is 30.6 Å². The fourth-order valence-electron chi connectivity index (χ4n) is 10.2. The van der Waals surface area contributed by atoms with E-state index in [2.05, 4.69) is 73.4 Å². The molecular formula is C39H67F3O4S. The van der Waals surface area contributed by atoms with Crippen LogP contribution in [0.2, 0.25) is 0 Å². The Kier molecular flexibility index (Phi) is 12.9. The summed E-state index contributed by atoms with van der Waals surface area (Å²) in [6, 6.07) is 0. The molecule has 3 saturated carbocycles. The van der Waals surface area contributed by atoms with Crippen LogP contribution in [0.5, 0.6) is 0 Å². The Labute approximate surface area is 286 Å². The molecule has 0 aromatic heterocycles. The van der Waals surface area contributed by atoms with Gasteiger partial charge >= 0.3 is 15.6 Å². The first kappa shape index (κ1) is 40.4. The molecule has 274 valence electrons. The average Bonchev–Trinajstić information content (AvgIpc) is 3.45. The molecule has 0 N–H and O–H groups in total. The van der Waals surface area contributed by atoms with Crippen molar-refractivity contribution in [1.82, 2.24) is 0 Å². The number of hydrogen-bond donors (Lipinski definition) is 0. The first-order chi connectivity index (χ1) is 21.4. The quantitative estimate of drug-likeness (QED) is 0.169. The SMILES string of the molecule is C[C@H](CCCC(C)(C)C)[C@H]1CC[C@H]2C(=O)CCC[C@]12C.C[C@H](CCCC(C)(C)C)[C@H]1CC[C@H]2C(OS(=O)(=O)C(F)(F)F)=CCC[C@]12C. The third kappa shape index (κ3) is 10.0. The van der Waals surface area contributed by atoms with Crippen LogP contribution in [0.25, 0.3) is 0 Å². The maximum absolute atomic E-state index is 12.7. The lowest BCUT2D eigenvalue weighted by Gasteiger charge is -2.42. The highest BCUT2D eigenvalue weighted by atomic mass is 32.2. The van der Waals surface area contributed by atoms with Crippen molar-refractivity contribution in [2.24, 2.45) is 57.2 Å². The van der Waals surface area contributed by atoms with Gasteiger partial charge in [-0.1, -0.05) is 94.9 Å². The second-order valence-corrected chi connectivity index (χ2v) is 20.3. The molecule has 47 heavy (non-hydrogen) atoms. The minimum absolute atomic E-state index is 0.00506. The van der Waals surface area contributed by atoms with Crippen LogP contribution in [-0.4, -0.2) is 19.7 Å². The molecule has 0 amide bonds. The number of halogens is 3. The highest BCUT2D eigenvalue weighted by Gasteiger charge is 2.55. The lowest BCUT2D eigenvalue weighted by Crippen LogP contribution is -2.39. The van der Waals surface area contributed by atoms with Crippen LogP contribution in [0.3, 0.4) is 0 Å². The molecule has 0 spiro atoms. The van der Waals surface area contributed by atoms with Gasteiger partial charge in [0.1, 0.15) is 11.5 Å². The van der Waals surface area contributed by atoms with Gasteiger partial charge in [-0.05, 0) is 116 Å². The summed E-state index contributed by atoms with van der Waals surface area (Å²) in [6.45, 7) is 22.9. The monoisotopic (exact) mass is 688 g/mol. The van der Waals surface area contributed by atoms with E-state index in [-0.39, 0.29) is 17.1 Å². The van der Waals surface area contributed by atoms with Crippen LogP contribution in [0.4, 0.5) is 13.2 Å². The fraction of sp³-hybridized carbons (Fsp3) is 0.923. The number of allylic oxidation sites excluding steroid dienone is 2. The zero-order valence-electron chi connectivity index (χ0n) is 31.3. The number of rotatable bonds is 10. The van der Waals surface area contributed by atoms with Gasteiger partial charge in [-0.15, -0.1) is 0 Å². The summed E-state index contributed by atoms with van der Waals surface area (Å²) >= 11 is 0. The van der Waals surface area contributed by atoms with Crippen LogP contribution >= 0.6 is 0 Å². The maximum Gasteiger partial charge on any atom is 0.534 e. The second-order valence-electron chi connectivity index (χ2n) is 18.8. The van der Waals surface area contributed by atoms with E-state index in [1.807, 2.05) is 0 Å². The molecule has 0 aromatic rings. The summed E-state index contributed by atoms with van der Waals surface area (Å²) in [4.78, 5) is 12.2. The van der Waals surface area contributed by atoms with Gasteiger partial charge in [0.2, 0.25) is 0 Å².